The molecule has 1 aliphatic heterocycles. The molecule has 1 atom stereocenters. The molecule has 2 rings (SSSR count). The number of nitrogens with one attached hydrogen (secondary N) is 1. The van der Waals surface area contributed by atoms with Gasteiger partial charge in [0.15, 0.2) is 9.84 Å². The van der Waals surface area contributed by atoms with Crippen LogP contribution in [0.25, 0.3) is 0 Å². The Morgan fingerprint density at radius 1 is 1.29 bits per heavy atom. The second kappa shape index (κ2) is 5.75. The topological polar surface area (TPSA) is 63.2 Å². The average molecular weight is 313 g/mol. The second-order valence-corrected chi connectivity index (χ2v) is 8.29. The van der Waals surface area contributed by atoms with Crippen LogP contribution in [0.15, 0.2) is 24.3 Å². The van der Waals surface area contributed by atoms with E-state index in [1.165, 1.54) is 12.1 Å². The van der Waals surface area contributed by atoms with Gasteiger partial charge in [-0.2, -0.15) is 0 Å². The van der Waals surface area contributed by atoms with Gasteiger partial charge in [0.2, 0.25) is 5.91 Å². The highest BCUT2D eigenvalue weighted by Gasteiger charge is 2.33. The zero-order chi connectivity index (χ0) is 15.7. The lowest BCUT2D eigenvalue weighted by Gasteiger charge is -2.29. The SMILES string of the molecule is CC(C)(C(=O)N[C@H]1CCCS(=O)(=O)C1)c1ccc(F)cc1. The van der Waals surface area contributed by atoms with Crippen molar-refractivity contribution in [2.75, 3.05) is 11.5 Å². The predicted octanol–water partition coefficient (Wildman–Crippen LogP) is 1.80. The van der Waals surface area contributed by atoms with Crippen molar-refractivity contribution in [3.63, 3.8) is 0 Å². The number of rotatable bonds is 3. The molecule has 1 amide bonds. The summed E-state index contributed by atoms with van der Waals surface area (Å²) in [5, 5.41) is 2.82. The first kappa shape index (κ1) is 15.9. The number of hydrogen-bond acceptors (Lipinski definition) is 3. The van der Waals surface area contributed by atoms with E-state index in [0.717, 1.165) is 0 Å². The molecule has 21 heavy (non-hydrogen) atoms. The Morgan fingerprint density at radius 2 is 1.90 bits per heavy atom. The molecule has 0 aromatic heterocycles. The third-order valence-corrected chi connectivity index (χ3v) is 5.75. The molecule has 1 saturated heterocycles. The standard InChI is InChI=1S/C15H20FNO3S/c1-15(2,11-5-7-12(16)8-6-11)14(18)17-13-4-3-9-21(19,20)10-13/h5-8,13H,3-4,9-10H2,1-2H3,(H,17,18)/t13-/m0/s1. The van der Waals surface area contributed by atoms with Crippen molar-refractivity contribution in [2.45, 2.75) is 38.1 Å². The van der Waals surface area contributed by atoms with Gasteiger partial charge in [0.05, 0.1) is 16.9 Å². The summed E-state index contributed by atoms with van der Waals surface area (Å²) in [6.45, 7) is 3.49. The van der Waals surface area contributed by atoms with Crippen LogP contribution in [0.4, 0.5) is 4.39 Å². The predicted molar refractivity (Wildman–Crippen MR) is 79.2 cm³/mol. The highest BCUT2D eigenvalue weighted by atomic mass is 32.2. The molecular formula is C15H20FNO3S. The molecule has 0 unspecified atom stereocenters. The van der Waals surface area contributed by atoms with E-state index in [1.54, 1.807) is 26.0 Å². The summed E-state index contributed by atoms with van der Waals surface area (Å²) in [6, 6.07) is 5.44. The fourth-order valence-electron chi connectivity index (χ4n) is 2.50. The Kier molecular flexibility index (Phi) is 4.37. The van der Waals surface area contributed by atoms with E-state index in [2.05, 4.69) is 5.32 Å². The van der Waals surface area contributed by atoms with Crippen LogP contribution in [0.3, 0.4) is 0 Å². The van der Waals surface area contributed by atoms with Crippen LogP contribution in [0.5, 0.6) is 0 Å². The van der Waals surface area contributed by atoms with Gasteiger partial charge in [-0.1, -0.05) is 12.1 Å². The highest BCUT2D eigenvalue weighted by molar-refractivity contribution is 7.91. The van der Waals surface area contributed by atoms with Crippen LogP contribution in [0.2, 0.25) is 0 Å². The van der Waals surface area contributed by atoms with Gasteiger partial charge in [-0.15, -0.1) is 0 Å². The number of halogens is 1. The van der Waals surface area contributed by atoms with Crippen molar-refractivity contribution in [3.8, 4) is 0 Å². The Morgan fingerprint density at radius 3 is 2.48 bits per heavy atom. The smallest absolute Gasteiger partial charge is 0.230 e. The van der Waals surface area contributed by atoms with Crippen LogP contribution >= 0.6 is 0 Å². The lowest BCUT2D eigenvalue weighted by atomic mass is 9.83. The third kappa shape index (κ3) is 3.81. The zero-order valence-corrected chi connectivity index (χ0v) is 13.0. The average Bonchev–Trinajstić information content (AvgIpc) is 2.38. The van der Waals surface area contributed by atoms with E-state index in [0.29, 0.717) is 18.4 Å². The molecule has 1 heterocycles. The van der Waals surface area contributed by atoms with E-state index in [4.69, 9.17) is 0 Å². The van der Waals surface area contributed by atoms with Crippen LogP contribution in [-0.4, -0.2) is 31.9 Å². The summed E-state index contributed by atoms with van der Waals surface area (Å²) in [5.41, 5.74) is -0.144. The van der Waals surface area contributed by atoms with E-state index in [1.807, 2.05) is 0 Å². The van der Waals surface area contributed by atoms with E-state index in [9.17, 15) is 17.6 Å². The summed E-state index contributed by atoms with van der Waals surface area (Å²) in [6.07, 6.45) is 1.24. The summed E-state index contributed by atoms with van der Waals surface area (Å²) < 4.78 is 36.2. The van der Waals surface area contributed by atoms with Crippen molar-refractivity contribution >= 4 is 15.7 Å². The molecule has 0 bridgehead atoms. The van der Waals surface area contributed by atoms with Gasteiger partial charge in [-0.25, -0.2) is 12.8 Å². The quantitative estimate of drug-likeness (QED) is 0.925. The van der Waals surface area contributed by atoms with Crippen LogP contribution in [-0.2, 0) is 20.0 Å². The maximum Gasteiger partial charge on any atom is 0.230 e. The maximum atomic E-state index is 13.0. The Labute approximate surface area is 124 Å². The number of carbonyl (C=O) groups excluding carboxylic acids is 1. The second-order valence-electron chi connectivity index (χ2n) is 6.06. The first-order chi connectivity index (χ1) is 9.71. The molecule has 0 radical (unpaired) electrons. The van der Waals surface area contributed by atoms with Gasteiger partial charge in [-0.05, 0) is 44.4 Å². The molecule has 0 aliphatic carbocycles. The zero-order valence-electron chi connectivity index (χ0n) is 12.2. The largest absolute Gasteiger partial charge is 0.352 e. The van der Waals surface area contributed by atoms with Crippen molar-refractivity contribution in [3.05, 3.63) is 35.6 Å². The normalized spacial score (nSPS) is 21.8. The van der Waals surface area contributed by atoms with Gasteiger partial charge in [0, 0.05) is 6.04 Å². The van der Waals surface area contributed by atoms with Crippen molar-refractivity contribution < 1.29 is 17.6 Å². The Bertz CT molecular complexity index is 623. The lowest BCUT2D eigenvalue weighted by Crippen LogP contribution is -2.49. The minimum atomic E-state index is -3.06. The Balaban J connectivity index is 2.10. The third-order valence-electron chi connectivity index (χ3n) is 3.93. The van der Waals surface area contributed by atoms with Gasteiger partial charge in [0.25, 0.3) is 0 Å². The van der Waals surface area contributed by atoms with Crippen LogP contribution in [0.1, 0.15) is 32.3 Å². The first-order valence-electron chi connectivity index (χ1n) is 6.98. The molecule has 6 heteroatoms. The van der Waals surface area contributed by atoms with Crippen LogP contribution in [0, 0.1) is 5.82 Å². The highest BCUT2D eigenvalue weighted by Crippen LogP contribution is 2.24. The lowest BCUT2D eigenvalue weighted by molar-refractivity contribution is -0.126. The summed E-state index contributed by atoms with van der Waals surface area (Å²) in [4.78, 5) is 12.4. The number of sulfone groups is 1. The monoisotopic (exact) mass is 313 g/mol. The molecule has 1 aliphatic rings. The van der Waals surface area contributed by atoms with Crippen LogP contribution < -0.4 is 5.32 Å². The van der Waals surface area contributed by atoms with Crippen molar-refractivity contribution in [2.24, 2.45) is 0 Å². The molecule has 1 fully saturated rings. The number of amides is 1. The van der Waals surface area contributed by atoms with Gasteiger partial charge in [0.1, 0.15) is 5.82 Å². The Hall–Kier alpha value is -1.43. The molecule has 4 nitrogen and oxygen atoms in total. The maximum absolute atomic E-state index is 13.0. The van der Waals surface area contributed by atoms with Gasteiger partial charge < -0.3 is 5.32 Å². The first-order valence-corrected chi connectivity index (χ1v) is 8.80. The number of hydrogen-bond donors (Lipinski definition) is 1. The van der Waals surface area contributed by atoms with Crippen molar-refractivity contribution in [1.82, 2.24) is 5.32 Å². The molecule has 1 N–H and O–H groups in total. The minimum absolute atomic E-state index is 0.00175. The molecule has 1 aromatic rings. The van der Waals surface area contributed by atoms with E-state index >= 15 is 0 Å². The van der Waals surface area contributed by atoms with Crippen molar-refractivity contribution in [1.29, 1.82) is 0 Å². The minimum Gasteiger partial charge on any atom is -0.352 e. The molecule has 116 valence electrons. The summed E-state index contributed by atoms with van der Waals surface area (Å²) in [5.74, 6) is -0.400. The molecular weight excluding hydrogens is 293 g/mol. The van der Waals surface area contributed by atoms with E-state index in [-0.39, 0.29) is 29.3 Å². The molecule has 0 saturated carbocycles. The van der Waals surface area contributed by atoms with Gasteiger partial charge >= 0.3 is 0 Å². The summed E-state index contributed by atoms with van der Waals surface area (Å²) >= 11 is 0. The fraction of sp³-hybridized carbons (Fsp3) is 0.533. The molecule has 0 spiro atoms. The summed E-state index contributed by atoms with van der Waals surface area (Å²) in [7, 11) is -3.06. The number of carbonyl (C=O) groups is 1. The molecule has 1 aromatic carbocycles. The van der Waals surface area contributed by atoms with E-state index < -0.39 is 15.3 Å². The fourth-order valence-corrected chi connectivity index (χ4v) is 4.14. The van der Waals surface area contributed by atoms with Gasteiger partial charge in [-0.3, -0.25) is 4.79 Å². The number of benzene rings is 1.